The third-order valence-corrected chi connectivity index (χ3v) is 2.39. The first-order valence-corrected chi connectivity index (χ1v) is 5.63. The van der Waals surface area contributed by atoms with Gasteiger partial charge in [-0.15, -0.1) is 0 Å². The number of hydrogen-bond donors (Lipinski definition) is 2. The quantitative estimate of drug-likeness (QED) is 0.738. The molecule has 0 amide bonds. The molecule has 0 saturated heterocycles. The van der Waals surface area contributed by atoms with Gasteiger partial charge in [0, 0.05) is 25.4 Å². The van der Waals surface area contributed by atoms with Crippen molar-refractivity contribution in [2.45, 2.75) is 12.8 Å². The van der Waals surface area contributed by atoms with Gasteiger partial charge in [0.15, 0.2) is 11.4 Å². The lowest BCUT2D eigenvalue weighted by Gasteiger charge is -2.05. The van der Waals surface area contributed by atoms with E-state index in [4.69, 9.17) is 14.9 Å². The average molecular weight is 250 g/mol. The lowest BCUT2D eigenvalue weighted by atomic mass is 10.3. The normalized spacial score (nSPS) is 10.7. The van der Waals surface area contributed by atoms with Crippen molar-refractivity contribution in [2.24, 2.45) is 0 Å². The Balaban J connectivity index is 2.24. The third kappa shape index (κ3) is 2.78. The predicted molar refractivity (Wildman–Crippen MR) is 63.7 cm³/mol. The fourth-order valence-electron chi connectivity index (χ4n) is 1.64. The van der Waals surface area contributed by atoms with E-state index in [-0.39, 0.29) is 13.0 Å². The maximum atomic E-state index is 10.6. The lowest BCUT2D eigenvalue weighted by molar-refractivity contribution is -0.136. The zero-order valence-electron chi connectivity index (χ0n) is 9.74. The fraction of sp³-hybridized carbons (Fsp3) is 0.333. The Morgan fingerprint density at radius 1 is 1.50 bits per heavy atom. The maximum absolute atomic E-state index is 10.6. The van der Waals surface area contributed by atoms with E-state index in [2.05, 4.69) is 4.98 Å². The molecule has 0 saturated carbocycles. The zero-order valence-corrected chi connectivity index (χ0v) is 9.74. The minimum Gasteiger partial charge on any atom is -0.490 e. The Morgan fingerprint density at radius 3 is 3.06 bits per heavy atom. The number of carbonyl (C=O) groups is 1. The molecule has 18 heavy (non-hydrogen) atoms. The van der Waals surface area contributed by atoms with Crippen LogP contribution in [-0.4, -0.2) is 38.8 Å². The van der Waals surface area contributed by atoms with E-state index in [0.29, 0.717) is 30.1 Å². The minimum absolute atomic E-state index is 0.0713. The minimum atomic E-state index is -0.916. The van der Waals surface area contributed by atoms with Crippen molar-refractivity contribution in [1.29, 1.82) is 0 Å². The summed E-state index contributed by atoms with van der Waals surface area (Å²) in [6, 6.07) is 3.57. The standard InChI is InChI=1S/C12H14N2O4/c15-5-2-6-18-10-3-1-4-14-8-9(7-11(16)17)13-12(10)14/h1,3-4,8,15H,2,5-7H2,(H,16,17). The van der Waals surface area contributed by atoms with Crippen LogP contribution in [0.1, 0.15) is 12.1 Å². The summed E-state index contributed by atoms with van der Waals surface area (Å²) >= 11 is 0. The lowest BCUT2D eigenvalue weighted by Crippen LogP contribution is -2.01. The summed E-state index contributed by atoms with van der Waals surface area (Å²) < 4.78 is 7.22. The highest BCUT2D eigenvalue weighted by atomic mass is 16.5. The van der Waals surface area contributed by atoms with Crippen molar-refractivity contribution in [2.75, 3.05) is 13.2 Å². The maximum Gasteiger partial charge on any atom is 0.309 e. The monoisotopic (exact) mass is 250 g/mol. The van der Waals surface area contributed by atoms with Gasteiger partial charge in [-0.25, -0.2) is 4.98 Å². The molecule has 0 aliphatic heterocycles. The second kappa shape index (κ2) is 5.50. The molecule has 0 aromatic carbocycles. The van der Waals surface area contributed by atoms with Gasteiger partial charge in [0.2, 0.25) is 0 Å². The molecule has 2 aromatic rings. The molecular formula is C12H14N2O4. The molecule has 0 atom stereocenters. The molecule has 6 nitrogen and oxygen atoms in total. The van der Waals surface area contributed by atoms with Crippen LogP contribution < -0.4 is 4.74 Å². The van der Waals surface area contributed by atoms with Crippen LogP contribution in [0, 0.1) is 0 Å². The summed E-state index contributed by atoms with van der Waals surface area (Å²) in [5.41, 5.74) is 1.08. The Hall–Kier alpha value is -2.08. The highest BCUT2D eigenvalue weighted by Crippen LogP contribution is 2.19. The number of pyridine rings is 1. The van der Waals surface area contributed by atoms with Gasteiger partial charge < -0.3 is 19.4 Å². The summed E-state index contributed by atoms with van der Waals surface area (Å²) in [6.45, 7) is 0.471. The largest absolute Gasteiger partial charge is 0.490 e. The topological polar surface area (TPSA) is 84.1 Å². The first-order chi connectivity index (χ1) is 8.70. The number of rotatable bonds is 6. The molecule has 0 aliphatic rings. The van der Waals surface area contributed by atoms with Crippen molar-refractivity contribution in [3.63, 3.8) is 0 Å². The van der Waals surface area contributed by atoms with Crippen molar-refractivity contribution in [3.8, 4) is 5.75 Å². The smallest absolute Gasteiger partial charge is 0.309 e. The van der Waals surface area contributed by atoms with E-state index >= 15 is 0 Å². The van der Waals surface area contributed by atoms with E-state index in [0.717, 1.165) is 0 Å². The molecular weight excluding hydrogens is 236 g/mol. The van der Waals surface area contributed by atoms with Gasteiger partial charge in [0.25, 0.3) is 0 Å². The molecule has 6 heteroatoms. The van der Waals surface area contributed by atoms with Crippen LogP contribution in [0.2, 0.25) is 0 Å². The average Bonchev–Trinajstić information content (AvgIpc) is 2.71. The molecule has 0 spiro atoms. The summed E-state index contributed by atoms with van der Waals surface area (Å²) in [7, 11) is 0. The van der Waals surface area contributed by atoms with Gasteiger partial charge in [-0.2, -0.15) is 0 Å². The van der Waals surface area contributed by atoms with E-state index in [1.165, 1.54) is 0 Å². The van der Waals surface area contributed by atoms with Gasteiger partial charge in [0.1, 0.15) is 0 Å². The van der Waals surface area contributed by atoms with Crippen molar-refractivity contribution < 1.29 is 19.7 Å². The molecule has 0 aliphatic carbocycles. The second-order valence-corrected chi connectivity index (χ2v) is 3.83. The summed E-state index contributed by atoms with van der Waals surface area (Å²) in [5.74, 6) is -0.330. The van der Waals surface area contributed by atoms with Crippen LogP contribution in [0.15, 0.2) is 24.5 Å². The summed E-state index contributed by atoms with van der Waals surface area (Å²) in [6.07, 6.45) is 3.89. The molecule has 0 unspecified atom stereocenters. The SMILES string of the molecule is O=C(O)Cc1cn2cccc(OCCCO)c2n1. The number of ether oxygens (including phenoxy) is 1. The molecule has 0 fully saturated rings. The van der Waals surface area contributed by atoms with E-state index < -0.39 is 5.97 Å². The highest BCUT2D eigenvalue weighted by molar-refractivity contribution is 5.70. The van der Waals surface area contributed by atoms with Crippen molar-refractivity contribution >= 4 is 11.6 Å². The Labute approximate surface area is 103 Å². The van der Waals surface area contributed by atoms with Gasteiger partial charge in [-0.3, -0.25) is 4.79 Å². The number of aliphatic carboxylic acids is 1. The number of imidazole rings is 1. The second-order valence-electron chi connectivity index (χ2n) is 3.83. The number of carboxylic acids is 1. The third-order valence-electron chi connectivity index (χ3n) is 2.39. The molecule has 2 heterocycles. The van der Waals surface area contributed by atoms with Crippen LogP contribution in [0.3, 0.4) is 0 Å². The summed E-state index contributed by atoms with van der Waals surface area (Å²) in [4.78, 5) is 14.9. The Kier molecular flexibility index (Phi) is 3.78. The number of aliphatic hydroxyl groups is 1. The Morgan fingerprint density at radius 2 is 2.33 bits per heavy atom. The van der Waals surface area contributed by atoms with Crippen molar-refractivity contribution in [3.05, 3.63) is 30.2 Å². The highest BCUT2D eigenvalue weighted by Gasteiger charge is 2.09. The molecule has 2 N–H and O–H groups in total. The van der Waals surface area contributed by atoms with Gasteiger partial charge >= 0.3 is 5.97 Å². The van der Waals surface area contributed by atoms with Crippen LogP contribution in [0.4, 0.5) is 0 Å². The molecule has 96 valence electrons. The van der Waals surface area contributed by atoms with Gasteiger partial charge in [0.05, 0.1) is 18.7 Å². The van der Waals surface area contributed by atoms with E-state index in [1.54, 1.807) is 28.9 Å². The number of nitrogens with zero attached hydrogens (tertiary/aromatic N) is 2. The predicted octanol–water partition coefficient (Wildman–Crippen LogP) is 0.723. The van der Waals surface area contributed by atoms with Gasteiger partial charge in [-0.1, -0.05) is 0 Å². The Bertz CT molecular complexity index is 550. The first kappa shape index (κ1) is 12.4. The first-order valence-electron chi connectivity index (χ1n) is 5.63. The van der Waals surface area contributed by atoms with Crippen LogP contribution in [0.5, 0.6) is 5.75 Å². The number of aliphatic hydroxyl groups excluding tert-OH is 1. The van der Waals surface area contributed by atoms with E-state index in [1.807, 2.05) is 0 Å². The number of hydrogen-bond acceptors (Lipinski definition) is 4. The molecule has 2 rings (SSSR count). The van der Waals surface area contributed by atoms with Crippen LogP contribution in [-0.2, 0) is 11.2 Å². The fourth-order valence-corrected chi connectivity index (χ4v) is 1.64. The number of carboxylic acid groups (broad SMARTS) is 1. The summed E-state index contributed by atoms with van der Waals surface area (Å²) in [5, 5.41) is 17.4. The number of aromatic nitrogens is 2. The van der Waals surface area contributed by atoms with E-state index in [9.17, 15) is 4.79 Å². The molecule has 2 aromatic heterocycles. The molecule has 0 bridgehead atoms. The van der Waals surface area contributed by atoms with Crippen LogP contribution in [0.25, 0.3) is 5.65 Å². The number of fused-ring (bicyclic) bond motifs is 1. The van der Waals surface area contributed by atoms with Crippen molar-refractivity contribution in [1.82, 2.24) is 9.38 Å². The zero-order chi connectivity index (χ0) is 13.0. The molecule has 0 radical (unpaired) electrons. The van der Waals surface area contributed by atoms with Crippen LogP contribution >= 0.6 is 0 Å². The van der Waals surface area contributed by atoms with Gasteiger partial charge in [-0.05, 0) is 12.1 Å².